The number of hydrogen-bond donors (Lipinski definition) is 2. The zero-order valence-electron chi connectivity index (χ0n) is 6.72. The first-order valence-electron chi connectivity index (χ1n) is 3.29. The van der Waals surface area contributed by atoms with E-state index in [-0.39, 0.29) is 12.0 Å². The van der Waals surface area contributed by atoms with Crippen molar-refractivity contribution in [2.75, 3.05) is 6.61 Å². The van der Waals surface area contributed by atoms with Crippen molar-refractivity contribution in [2.24, 2.45) is 17.1 Å². The molecule has 0 aromatic carbocycles. The van der Waals surface area contributed by atoms with Gasteiger partial charge in [-0.3, -0.25) is 4.79 Å². The second-order valence-electron chi connectivity index (χ2n) is 3.50. The Morgan fingerprint density at radius 3 is 2.00 bits per heavy atom. The fourth-order valence-electron chi connectivity index (χ4n) is 0.791. The molecular weight excluding hydrogens is 130 g/mol. The Morgan fingerprint density at radius 1 is 1.60 bits per heavy atom. The highest BCUT2D eigenvalue weighted by molar-refractivity contribution is 5.77. The van der Waals surface area contributed by atoms with Gasteiger partial charge in [-0.15, -0.1) is 0 Å². The fraction of sp³-hybridized carbons (Fsp3) is 0.857. The van der Waals surface area contributed by atoms with E-state index in [1.54, 1.807) is 0 Å². The third-order valence-electron chi connectivity index (χ3n) is 1.57. The average Bonchev–Trinajstić information content (AvgIpc) is 1.60. The van der Waals surface area contributed by atoms with Crippen molar-refractivity contribution < 1.29 is 9.90 Å². The summed E-state index contributed by atoms with van der Waals surface area (Å²) in [6.45, 7) is 5.45. The molecule has 3 heteroatoms. The minimum Gasteiger partial charge on any atom is -0.396 e. The van der Waals surface area contributed by atoms with E-state index < -0.39 is 11.8 Å². The van der Waals surface area contributed by atoms with Gasteiger partial charge in [0.05, 0.1) is 12.5 Å². The van der Waals surface area contributed by atoms with Crippen molar-refractivity contribution >= 4 is 5.91 Å². The number of amides is 1. The van der Waals surface area contributed by atoms with E-state index in [9.17, 15) is 4.79 Å². The van der Waals surface area contributed by atoms with E-state index in [1.807, 2.05) is 20.8 Å². The number of carbonyl (C=O) groups is 1. The van der Waals surface area contributed by atoms with Gasteiger partial charge < -0.3 is 10.8 Å². The van der Waals surface area contributed by atoms with Gasteiger partial charge >= 0.3 is 0 Å². The normalized spacial score (nSPS) is 14.8. The molecule has 0 bridgehead atoms. The molecule has 0 saturated carbocycles. The van der Waals surface area contributed by atoms with Crippen LogP contribution in [0.2, 0.25) is 0 Å². The van der Waals surface area contributed by atoms with Gasteiger partial charge in [-0.05, 0) is 5.41 Å². The molecular formula is C7H15NO2. The van der Waals surface area contributed by atoms with E-state index in [1.165, 1.54) is 0 Å². The van der Waals surface area contributed by atoms with Crippen molar-refractivity contribution in [3.05, 3.63) is 0 Å². The number of hydrogen-bond acceptors (Lipinski definition) is 2. The third kappa shape index (κ3) is 2.35. The first-order valence-corrected chi connectivity index (χ1v) is 3.29. The molecule has 0 heterocycles. The van der Waals surface area contributed by atoms with Crippen molar-refractivity contribution in [1.82, 2.24) is 0 Å². The summed E-state index contributed by atoms with van der Waals surface area (Å²) in [6.07, 6.45) is 0. The van der Waals surface area contributed by atoms with Gasteiger partial charge in [-0.2, -0.15) is 0 Å². The summed E-state index contributed by atoms with van der Waals surface area (Å²) < 4.78 is 0. The molecule has 1 unspecified atom stereocenters. The minimum atomic E-state index is -0.438. The summed E-state index contributed by atoms with van der Waals surface area (Å²) in [7, 11) is 0. The van der Waals surface area contributed by atoms with Crippen LogP contribution in [0.1, 0.15) is 20.8 Å². The van der Waals surface area contributed by atoms with Crippen LogP contribution >= 0.6 is 0 Å². The van der Waals surface area contributed by atoms with Crippen LogP contribution in [-0.2, 0) is 4.79 Å². The van der Waals surface area contributed by atoms with Crippen molar-refractivity contribution in [3.8, 4) is 0 Å². The minimum absolute atomic E-state index is 0.168. The Morgan fingerprint density at radius 2 is 2.00 bits per heavy atom. The van der Waals surface area contributed by atoms with E-state index in [2.05, 4.69) is 0 Å². The summed E-state index contributed by atoms with van der Waals surface area (Å²) in [6, 6.07) is 0. The van der Waals surface area contributed by atoms with Crippen LogP contribution in [0.15, 0.2) is 0 Å². The number of rotatable bonds is 2. The number of aliphatic hydroxyl groups is 1. The molecule has 1 atom stereocenters. The monoisotopic (exact) mass is 145 g/mol. The second kappa shape index (κ2) is 3.01. The first kappa shape index (κ1) is 9.43. The maximum absolute atomic E-state index is 10.6. The molecule has 3 N–H and O–H groups in total. The third-order valence-corrected chi connectivity index (χ3v) is 1.57. The summed E-state index contributed by atoms with van der Waals surface area (Å²) in [5.74, 6) is -0.873. The first-order chi connectivity index (χ1) is 4.39. The van der Waals surface area contributed by atoms with E-state index in [0.717, 1.165) is 0 Å². The number of primary amides is 1. The van der Waals surface area contributed by atoms with Crippen molar-refractivity contribution in [3.63, 3.8) is 0 Å². The van der Waals surface area contributed by atoms with Crippen LogP contribution in [0, 0.1) is 11.3 Å². The quantitative estimate of drug-likeness (QED) is 0.580. The lowest BCUT2D eigenvalue weighted by molar-refractivity contribution is -0.126. The molecule has 0 aliphatic heterocycles. The molecule has 0 rings (SSSR count). The van der Waals surface area contributed by atoms with Crippen LogP contribution in [0.4, 0.5) is 0 Å². The summed E-state index contributed by atoms with van der Waals surface area (Å²) in [4.78, 5) is 10.6. The van der Waals surface area contributed by atoms with Gasteiger partial charge in [0, 0.05) is 0 Å². The fourth-order valence-corrected chi connectivity index (χ4v) is 0.791. The molecule has 0 aliphatic carbocycles. The lowest BCUT2D eigenvalue weighted by Gasteiger charge is -2.25. The molecule has 0 saturated heterocycles. The SMILES string of the molecule is CC(C)(C)C(CO)C(N)=O. The average molecular weight is 145 g/mol. The van der Waals surface area contributed by atoms with E-state index in [0.29, 0.717) is 0 Å². The molecule has 0 aromatic rings. The second-order valence-corrected chi connectivity index (χ2v) is 3.50. The Bertz CT molecular complexity index is 126. The molecule has 0 spiro atoms. The Labute approximate surface area is 61.2 Å². The van der Waals surface area contributed by atoms with Gasteiger partial charge in [0.1, 0.15) is 0 Å². The largest absolute Gasteiger partial charge is 0.396 e. The zero-order chi connectivity index (χ0) is 8.36. The summed E-state index contributed by atoms with van der Waals surface area (Å²) in [5.41, 5.74) is 4.80. The highest BCUT2D eigenvalue weighted by Gasteiger charge is 2.28. The van der Waals surface area contributed by atoms with Crippen molar-refractivity contribution in [2.45, 2.75) is 20.8 Å². The number of aliphatic hydroxyl groups excluding tert-OH is 1. The number of nitrogens with two attached hydrogens (primary N) is 1. The van der Waals surface area contributed by atoms with Crippen LogP contribution in [0.25, 0.3) is 0 Å². The van der Waals surface area contributed by atoms with Gasteiger partial charge in [-0.25, -0.2) is 0 Å². The van der Waals surface area contributed by atoms with Gasteiger partial charge in [0.15, 0.2) is 0 Å². The lowest BCUT2D eigenvalue weighted by Crippen LogP contribution is -2.36. The van der Waals surface area contributed by atoms with Crippen LogP contribution < -0.4 is 5.73 Å². The molecule has 0 aromatic heterocycles. The van der Waals surface area contributed by atoms with Crippen molar-refractivity contribution in [1.29, 1.82) is 0 Å². The summed E-state index contributed by atoms with van der Waals surface area (Å²) in [5, 5.41) is 8.73. The smallest absolute Gasteiger partial charge is 0.223 e. The Hall–Kier alpha value is -0.570. The molecule has 1 amide bonds. The standard InChI is InChI=1S/C7H15NO2/c1-7(2,3)5(4-9)6(8)10/h5,9H,4H2,1-3H3,(H2,8,10). The van der Waals surface area contributed by atoms with Crippen LogP contribution in [-0.4, -0.2) is 17.6 Å². The molecule has 60 valence electrons. The topological polar surface area (TPSA) is 63.3 Å². The van der Waals surface area contributed by atoms with Crippen LogP contribution in [0.3, 0.4) is 0 Å². The molecule has 0 fully saturated rings. The predicted octanol–water partition coefficient (Wildman–Crippen LogP) is 0.126. The van der Waals surface area contributed by atoms with Crippen LogP contribution in [0.5, 0.6) is 0 Å². The highest BCUT2D eigenvalue weighted by atomic mass is 16.3. The molecule has 10 heavy (non-hydrogen) atoms. The molecule has 0 radical (unpaired) electrons. The lowest BCUT2D eigenvalue weighted by atomic mass is 9.81. The summed E-state index contributed by atoms with van der Waals surface area (Å²) >= 11 is 0. The zero-order valence-corrected chi connectivity index (χ0v) is 6.72. The molecule has 0 aliphatic rings. The Balaban J connectivity index is 4.22. The van der Waals surface area contributed by atoms with E-state index >= 15 is 0 Å². The maximum atomic E-state index is 10.6. The molecule has 3 nitrogen and oxygen atoms in total. The van der Waals surface area contributed by atoms with Gasteiger partial charge in [0.2, 0.25) is 5.91 Å². The Kier molecular flexibility index (Phi) is 2.84. The van der Waals surface area contributed by atoms with E-state index in [4.69, 9.17) is 10.8 Å². The van der Waals surface area contributed by atoms with Gasteiger partial charge in [-0.1, -0.05) is 20.8 Å². The predicted molar refractivity (Wildman–Crippen MR) is 39.2 cm³/mol. The van der Waals surface area contributed by atoms with Gasteiger partial charge in [0.25, 0.3) is 0 Å². The number of carbonyl (C=O) groups excluding carboxylic acids is 1. The highest BCUT2D eigenvalue weighted by Crippen LogP contribution is 2.24. The maximum Gasteiger partial charge on any atom is 0.223 e.